The van der Waals surface area contributed by atoms with Gasteiger partial charge in [0.25, 0.3) is 0 Å². The molecule has 3 heteroatoms. The summed E-state index contributed by atoms with van der Waals surface area (Å²) in [5.74, 6) is 6.26. The van der Waals surface area contributed by atoms with Gasteiger partial charge in [-0.05, 0) is 55.3 Å². The molecule has 2 rings (SSSR count). The summed E-state index contributed by atoms with van der Waals surface area (Å²) in [5.41, 5.74) is 2.85. The van der Waals surface area contributed by atoms with Crippen LogP contribution in [-0.2, 0) is 11.2 Å². The summed E-state index contributed by atoms with van der Waals surface area (Å²) in [6, 6.07) is 15.3. The summed E-state index contributed by atoms with van der Waals surface area (Å²) >= 11 is 0. The van der Waals surface area contributed by atoms with Gasteiger partial charge in [0.1, 0.15) is 5.75 Å². The number of hydrogen-bond acceptors (Lipinski definition) is 2. The van der Waals surface area contributed by atoms with Crippen LogP contribution in [0.1, 0.15) is 30.0 Å². The third-order valence-electron chi connectivity index (χ3n) is 3.10. The second-order valence-corrected chi connectivity index (χ2v) is 4.80. The van der Waals surface area contributed by atoms with Crippen LogP contribution in [0.5, 0.6) is 5.75 Å². The normalized spacial score (nSPS) is 9.68. The largest absolute Gasteiger partial charge is 0.494 e. The van der Waals surface area contributed by atoms with Crippen molar-refractivity contribution in [3.8, 4) is 17.6 Å². The number of ether oxygens (including phenoxy) is 1. The fourth-order valence-electron chi connectivity index (χ4n) is 1.95. The fourth-order valence-corrected chi connectivity index (χ4v) is 1.95. The Morgan fingerprint density at radius 1 is 1.00 bits per heavy atom. The second kappa shape index (κ2) is 7.90. The predicted molar refractivity (Wildman–Crippen MR) is 86.0 cm³/mol. The summed E-state index contributed by atoms with van der Waals surface area (Å²) < 4.78 is 5.39. The Balaban J connectivity index is 2.00. The molecule has 0 atom stereocenters. The lowest BCUT2D eigenvalue weighted by atomic mass is 10.1. The van der Waals surface area contributed by atoms with Crippen molar-refractivity contribution in [2.75, 3.05) is 6.61 Å². The number of carbonyl (C=O) groups is 1. The van der Waals surface area contributed by atoms with E-state index in [2.05, 4.69) is 11.8 Å². The molecule has 0 amide bonds. The van der Waals surface area contributed by atoms with Crippen molar-refractivity contribution in [2.45, 2.75) is 19.8 Å². The number of rotatable bonds is 5. The molecule has 22 heavy (non-hydrogen) atoms. The maximum Gasteiger partial charge on any atom is 0.303 e. The number of benzene rings is 2. The van der Waals surface area contributed by atoms with Crippen LogP contribution in [0.2, 0.25) is 0 Å². The highest BCUT2D eigenvalue weighted by Gasteiger charge is 1.98. The molecular weight excluding hydrogens is 276 g/mol. The number of aliphatic carboxylic acids is 1. The van der Waals surface area contributed by atoms with E-state index >= 15 is 0 Å². The van der Waals surface area contributed by atoms with Gasteiger partial charge in [0.15, 0.2) is 0 Å². The Morgan fingerprint density at radius 3 is 2.05 bits per heavy atom. The van der Waals surface area contributed by atoms with E-state index < -0.39 is 5.97 Å². The van der Waals surface area contributed by atoms with Crippen molar-refractivity contribution in [1.82, 2.24) is 0 Å². The number of aryl methyl sites for hydroxylation is 1. The summed E-state index contributed by atoms with van der Waals surface area (Å²) in [6.07, 6.45) is 0.694. The number of carboxylic acids is 1. The standard InChI is InChI=1S/C19H18O3/c1-2-22-18-12-9-17(10-13-18)8-5-15-3-6-16(7-4-15)11-14-19(20)21/h3-4,6-7,9-10,12-13H,2,11,14H2,1H3,(H,20,21). The molecule has 0 fully saturated rings. The summed E-state index contributed by atoms with van der Waals surface area (Å²) in [6.45, 7) is 2.60. The molecule has 112 valence electrons. The van der Waals surface area contributed by atoms with Crippen molar-refractivity contribution < 1.29 is 14.6 Å². The third kappa shape index (κ3) is 4.99. The van der Waals surface area contributed by atoms with Gasteiger partial charge in [0, 0.05) is 17.5 Å². The minimum Gasteiger partial charge on any atom is -0.494 e. The zero-order chi connectivity index (χ0) is 15.8. The van der Waals surface area contributed by atoms with E-state index in [1.54, 1.807) is 0 Å². The van der Waals surface area contributed by atoms with E-state index in [4.69, 9.17) is 9.84 Å². The van der Waals surface area contributed by atoms with Crippen LogP contribution >= 0.6 is 0 Å². The van der Waals surface area contributed by atoms with Crippen molar-refractivity contribution in [1.29, 1.82) is 0 Å². The van der Waals surface area contributed by atoms with E-state index in [0.717, 1.165) is 22.4 Å². The molecule has 0 aliphatic rings. The number of hydrogen-bond donors (Lipinski definition) is 1. The molecule has 0 unspecified atom stereocenters. The Labute approximate surface area is 130 Å². The zero-order valence-electron chi connectivity index (χ0n) is 12.5. The van der Waals surface area contributed by atoms with Gasteiger partial charge in [0.2, 0.25) is 0 Å². The lowest BCUT2D eigenvalue weighted by Crippen LogP contribution is -1.97. The predicted octanol–water partition coefficient (Wildman–Crippen LogP) is 3.50. The monoisotopic (exact) mass is 294 g/mol. The van der Waals surface area contributed by atoms with E-state index in [9.17, 15) is 4.79 Å². The van der Waals surface area contributed by atoms with Gasteiger partial charge >= 0.3 is 5.97 Å². The summed E-state index contributed by atoms with van der Waals surface area (Å²) in [4.78, 5) is 10.5. The van der Waals surface area contributed by atoms with Crippen LogP contribution in [0.3, 0.4) is 0 Å². The molecule has 2 aromatic carbocycles. The maximum absolute atomic E-state index is 10.5. The quantitative estimate of drug-likeness (QED) is 0.858. The molecule has 0 aliphatic carbocycles. The van der Waals surface area contributed by atoms with Crippen LogP contribution in [0.4, 0.5) is 0 Å². The van der Waals surface area contributed by atoms with Crippen LogP contribution in [0, 0.1) is 11.8 Å². The molecule has 0 spiro atoms. The van der Waals surface area contributed by atoms with Crippen molar-refractivity contribution in [3.05, 3.63) is 65.2 Å². The highest BCUT2D eigenvalue weighted by Crippen LogP contribution is 2.11. The summed E-state index contributed by atoms with van der Waals surface area (Å²) in [7, 11) is 0. The molecule has 0 radical (unpaired) electrons. The molecule has 3 nitrogen and oxygen atoms in total. The first-order chi connectivity index (χ1) is 10.7. The summed E-state index contributed by atoms with van der Waals surface area (Å²) in [5, 5.41) is 8.66. The second-order valence-electron chi connectivity index (χ2n) is 4.80. The van der Waals surface area contributed by atoms with Gasteiger partial charge in [-0.15, -0.1) is 0 Å². The smallest absolute Gasteiger partial charge is 0.303 e. The van der Waals surface area contributed by atoms with Crippen molar-refractivity contribution in [2.24, 2.45) is 0 Å². The van der Waals surface area contributed by atoms with Gasteiger partial charge in [-0.1, -0.05) is 24.0 Å². The number of carboxylic acid groups (broad SMARTS) is 1. The van der Waals surface area contributed by atoms with Gasteiger partial charge < -0.3 is 9.84 Å². The van der Waals surface area contributed by atoms with E-state index in [1.807, 2.05) is 55.5 Å². The maximum atomic E-state index is 10.5. The minimum absolute atomic E-state index is 0.150. The van der Waals surface area contributed by atoms with Gasteiger partial charge in [0.05, 0.1) is 6.61 Å². The van der Waals surface area contributed by atoms with E-state index in [0.29, 0.717) is 13.0 Å². The van der Waals surface area contributed by atoms with Crippen LogP contribution < -0.4 is 4.74 Å². The Morgan fingerprint density at radius 2 is 1.55 bits per heavy atom. The molecule has 0 aromatic heterocycles. The first-order valence-electron chi connectivity index (χ1n) is 7.23. The minimum atomic E-state index is -0.778. The van der Waals surface area contributed by atoms with Crippen LogP contribution in [0.25, 0.3) is 0 Å². The topological polar surface area (TPSA) is 46.5 Å². The molecule has 0 aliphatic heterocycles. The lowest BCUT2D eigenvalue weighted by Gasteiger charge is -2.01. The van der Waals surface area contributed by atoms with Crippen LogP contribution in [0.15, 0.2) is 48.5 Å². The van der Waals surface area contributed by atoms with E-state index in [-0.39, 0.29) is 6.42 Å². The Hall–Kier alpha value is -2.73. The molecule has 0 saturated heterocycles. The molecule has 0 heterocycles. The van der Waals surface area contributed by atoms with Crippen LogP contribution in [-0.4, -0.2) is 17.7 Å². The third-order valence-corrected chi connectivity index (χ3v) is 3.10. The first-order valence-corrected chi connectivity index (χ1v) is 7.23. The van der Waals surface area contributed by atoms with Gasteiger partial charge in [-0.25, -0.2) is 0 Å². The molecule has 2 aromatic rings. The average molecular weight is 294 g/mol. The molecule has 1 N–H and O–H groups in total. The SMILES string of the molecule is CCOc1ccc(C#Cc2ccc(CCC(=O)O)cc2)cc1. The zero-order valence-corrected chi connectivity index (χ0v) is 12.5. The van der Waals surface area contributed by atoms with Crippen molar-refractivity contribution >= 4 is 5.97 Å². The fraction of sp³-hybridized carbons (Fsp3) is 0.211. The van der Waals surface area contributed by atoms with Crippen molar-refractivity contribution in [3.63, 3.8) is 0 Å². The van der Waals surface area contributed by atoms with Gasteiger partial charge in [-0.3, -0.25) is 4.79 Å². The molecular formula is C19H18O3. The molecule has 0 bridgehead atoms. The lowest BCUT2D eigenvalue weighted by molar-refractivity contribution is -0.136. The molecule has 0 saturated carbocycles. The Kier molecular flexibility index (Phi) is 5.62. The Bertz CT molecular complexity index is 673. The van der Waals surface area contributed by atoms with Gasteiger partial charge in [-0.2, -0.15) is 0 Å². The first kappa shape index (κ1) is 15.7. The average Bonchev–Trinajstić information content (AvgIpc) is 2.53. The highest BCUT2D eigenvalue weighted by molar-refractivity contribution is 5.67. The highest BCUT2D eigenvalue weighted by atomic mass is 16.5. The van der Waals surface area contributed by atoms with E-state index in [1.165, 1.54) is 0 Å².